The molecule has 0 saturated carbocycles. The summed E-state index contributed by atoms with van der Waals surface area (Å²) in [6, 6.07) is 14.0. The minimum Gasteiger partial charge on any atom is -0.543 e. The molecule has 0 saturated heterocycles. The SMILES string of the molecule is C[C@H](CC=O)c1ccc(/C=C(\O[Si](C)(C)C(C)(C)C)c2ccccc2)o1. The van der Waals surface area contributed by atoms with Gasteiger partial charge in [-0.15, -0.1) is 0 Å². The highest BCUT2D eigenvalue weighted by molar-refractivity contribution is 6.74. The highest BCUT2D eigenvalue weighted by atomic mass is 28.4. The van der Waals surface area contributed by atoms with Crippen LogP contribution in [0.4, 0.5) is 0 Å². The van der Waals surface area contributed by atoms with Crippen molar-refractivity contribution in [2.45, 2.75) is 58.2 Å². The third-order valence-corrected chi connectivity index (χ3v) is 9.43. The average Bonchev–Trinajstić information content (AvgIpc) is 3.03. The first-order valence-corrected chi connectivity index (χ1v) is 12.0. The predicted octanol–water partition coefficient (Wildman–Crippen LogP) is 6.49. The lowest BCUT2D eigenvalue weighted by Crippen LogP contribution is -2.40. The molecule has 0 N–H and O–H groups in total. The molecule has 4 heteroatoms. The quantitative estimate of drug-likeness (QED) is 0.317. The van der Waals surface area contributed by atoms with E-state index in [-0.39, 0.29) is 11.0 Å². The predicted molar refractivity (Wildman–Crippen MR) is 110 cm³/mol. The molecule has 0 radical (unpaired) electrons. The van der Waals surface area contributed by atoms with Crippen molar-refractivity contribution in [2.75, 3.05) is 0 Å². The zero-order valence-electron chi connectivity index (χ0n) is 16.7. The normalized spacial score (nSPS) is 14.2. The summed E-state index contributed by atoms with van der Waals surface area (Å²) < 4.78 is 12.5. The molecule has 0 unspecified atom stereocenters. The van der Waals surface area contributed by atoms with Crippen molar-refractivity contribution in [1.82, 2.24) is 0 Å². The third kappa shape index (κ3) is 4.98. The Balaban J connectivity index is 2.38. The Hall–Kier alpha value is -2.07. The third-order valence-electron chi connectivity index (χ3n) is 5.09. The van der Waals surface area contributed by atoms with Gasteiger partial charge in [0, 0.05) is 24.0 Å². The van der Waals surface area contributed by atoms with Crippen LogP contribution in [0.2, 0.25) is 18.1 Å². The largest absolute Gasteiger partial charge is 0.543 e. The molecule has 1 aromatic carbocycles. The van der Waals surface area contributed by atoms with Crippen LogP contribution in [-0.2, 0) is 9.22 Å². The lowest BCUT2D eigenvalue weighted by molar-refractivity contribution is -0.108. The van der Waals surface area contributed by atoms with Crippen LogP contribution in [0, 0.1) is 0 Å². The molecule has 140 valence electrons. The molecule has 0 bridgehead atoms. The fourth-order valence-electron chi connectivity index (χ4n) is 2.30. The summed E-state index contributed by atoms with van der Waals surface area (Å²) in [6.07, 6.45) is 3.36. The topological polar surface area (TPSA) is 39.4 Å². The summed E-state index contributed by atoms with van der Waals surface area (Å²) in [6.45, 7) is 13.2. The van der Waals surface area contributed by atoms with Crippen LogP contribution in [-0.4, -0.2) is 14.6 Å². The van der Waals surface area contributed by atoms with Crippen LogP contribution < -0.4 is 0 Å². The second-order valence-electron chi connectivity index (χ2n) is 8.28. The summed E-state index contributed by atoms with van der Waals surface area (Å²) in [4.78, 5) is 10.7. The van der Waals surface area contributed by atoms with Gasteiger partial charge < -0.3 is 13.6 Å². The second kappa shape index (κ2) is 8.08. The van der Waals surface area contributed by atoms with Crippen LogP contribution in [0.3, 0.4) is 0 Å². The van der Waals surface area contributed by atoms with Gasteiger partial charge in [-0.3, -0.25) is 0 Å². The second-order valence-corrected chi connectivity index (χ2v) is 13.0. The molecular weight excluding hydrogens is 340 g/mol. The van der Waals surface area contributed by atoms with E-state index in [4.69, 9.17) is 8.84 Å². The van der Waals surface area contributed by atoms with E-state index < -0.39 is 8.32 Å². The van der Waals surface area contributed by atoms with E-state index in [0.29, 0.717) is 6.42 Å². The molecular formula is C22H30O3Si. The summed E-state index contributed by atoms with van der Waals surface area (Å²) in [5.74, 6) is 2.48. The monoisotopic (exact) mass is 370 g/mol. The van der Waals surface area contributed by atoms with E-state index in [9.17, 15) is 4.79 Å². The van der Waals surface area contributed by atoms with Crippen molar-refractivity contribution in [3.8, 4) is 0 Å². The Bertz CT molecular complexity index is 751. The number of hydrogen-bond acceptors (Lipinski definition) is 3. The lowest BCUT2D eigenvalue weighted by Gasteiger charge is -2.37. The number of carbonyl (C=O) groups excluding carboxylic acids is 1. The molecule has 3 nitrogen and oxygen atoms in total. The number of carbonyl (C=O) groups is 1. The van der Waals surface area contributed by atoms with E-state index in [0.717, 1.165) is 29.1 Å². The molecule has 1 aromatic heterocycles. The molecule has 0 aliphatic carbocycles. The van der Waals surface area contributed by atoms with Crippen LogP contribution in [0.25, 0.3) is 11.8 Å². The van der Waals surface area contributed by atoms with Crippen LogP contribution in [0.15, 0.2) is 46.9 Å². The first-order chi connectivity index (χ1) is 12.1. The van der Waals surface area contributed by atoms with Gasteiger partial charge in [0.15, 0.2) is 0 Å². The Kier molecular flexibility index (Phi) is 6.29. The van der Waals surface area contributed by atoms with Gasteiger partial charge in [-0.05, 0) is 30.3 Å². The van der Waals surface area contributed by atoms with Crippen LogP contribution in [0.1, 0.15) is 57.1 Å². The summed E-state index contributed by atoms with van der Waals surface area (Å²) in [5.41, 5.74) is 1.04. The van der Waals surface area contributed by atoms with Gasteiger partial charge in [0.25, 0.3) is 8.32 Å². The van der Waals surface area contributed by atoms with E-state index in [1.165, 1.54) is 0 Å². The van der Waals surface area contributed by atoms with Gasteiger partial charge in [-0.1, -0.05) is 58.0 Å². The fourth-order valence-corrected chi connectivity index (χ4v) is 3.34. The molecule has 1 heterocycles. The van der Waals surface area contributed by atoms with E-state index in [2.05, 4.69) is 46.0 Å². The van der Waals surface area contributed by atoms with Gasteiger partial charge in [-0.2, -0.15) is 0 Å². The van der Waals surface area contributed by atoms with E-state index in [1.807, 2.05) is 43.3 Å². The van der Waals surface area contributed by atoms with Crippen LogP contribution in [0.5, 0.6) is 0 Å². The number of benzene rings is 1. The number of aldehydes is 1. The minimum atomic E-state index is -1.99. The standard InChI is InChI=1S/C22H30O3Si/c1-17(14-15-23)20-13-12-19(24-20)16-21(18-10-8-7-9-11-18)25-26(5,6)22(2,3)4/h7-13,15-17H,14H2,1-6H3/b21-16-/t17-/m1/s1. The average molecular weight is 371 g/mol. The maximum atomic E-state index is 10.7. The molecule has 0 fully saturated rings. The molecule has 1 atom stereocenters. The first kappa shape index (κ1) is 20.2. The molecule has 2 rings (SSSR count). The summed E-state index contributed by atoms with van der Waals surface area (Å²) in [7, 11) is -1.99. The lowest BCUT2D eigenvalue weighted by atomic mass is 10.1. The Morgan fingerprint density at radius 3 is 2.38 bits per heavy atom. The van der Waals surface area contributed by atoms with Crippen molar-refractivity contribution in [3.05, 3.63) is 59.5 Å². The molecule has 0 aliphatic heterocycles. The van der Waals surface area contributed by atoms with Gasteiger partial charge in [0.2, 0.25) is 0 Å². The van der Waals surface area contributed by atoms with Crippen LogP contribution >= 0.6 is 0 Å². The zero-order valence-corrected chi connectivity index (χ0v) is 17.7. The Labute approximate surface area is 158 Å². The van der Waals surface area contributed by atoms with Crippen molar-refractivity contribution >= 4 is 26.4 Å². The molecule has 2 aromatic rings. The minimum absolute atomic E-state index is 0.0798. The molecule has 0 amide bonds. The number of hydrogen-bond donors (Lipinski definition) is 0. The fraction of sp³-hybridized carbons (Fsp3) is 0.409. The van der Waals surface area contributed by atoms with E-state index >= 15 is 0 Å². The summed E-state index contributed by atoms with van der Waals surface area (Å²) in [5, 5.41) is 0.105. The first-order valence-electron chi connectivity index (χ1n) is 9.13. The number of furan rings is 1. The highest BCUT2D eigenvalue weighted by Crippen LogP contribution is 2.40. The molecule has 0 spiro atoms. The molecule has 26 heavy (non-hydrogen) atoms. The maximum Gasteiger partial charge on any atom is 0.250 e. The zero-order chi connectivity index (χ0) is 19.4. The smallest absolute Gasteiger partial charge is 0.250 e. The molecule has 0 aliphatic rings. The Morgan fingerprint density at radius 2 is 1.81 bits per heavy atom. The van der Waals surface area contributed by atoms with Crippen molar-refractivity contribution in [2.24, 2.45) is 0 Å². The number of rotatable bonds is 7. The van der Waals surface area contributed by atoms with Crippen molar-refractivity contribution in [3.63, 3.8) is 0 Å². The van der Waals surface area contributed by atoms with Gasteiger partial charge >= 0.3 is 0 Å². The van der Waals surface area contributed by atoms with Crippen molar-refractivity contribution < 1.29 is 13.6 Å². The van der Waals surface area contributed by atoms with Gasteiger partial charge in [0.1, 0.15) is 23.6 Å². The van der Waals surface area contributed by atoms with Gasteiger partial charge in [-0.25, -0.2) is 0 Å². The summed E-state index contributed by atoms with van der Waals surface area (Å²) >= 11 is 0. The maximum absolute atomic E-state index is 10.7. The Morgan fingerprint density at radius 1 is 1.15 bits per heavy atom. The highest BCUT2D eigenvalue weighted by Gasteiger charge is 2.39. The van der Waals surface area contributed by atoms with Crippen molar-refractivity contribution in [1.29, 1.82) is 0 Å². The van der Waals surface area contributed by atoms with E-state index in [1.54, 1.807) is 0 Å². The van der Waals surface area contributed by atoms with Gasteiger partial charge in [0.05, 0.1) is 0 Å².